The van der Waals surface area contributed by atoms with Gasteiger partial charge >= 0.3 is 0 Å². The molecule has 0 amide bonds. The van der Waals surface area contributed by atoms with Crippen molar-refractivity contribution in [2.45, 2.75) is 49.9 Å². The fourth-order valence-corrected chi connectivity index (χ4v) is 3.60. The Balaban J connectivity index is 1.64. The summed E-state index contributed by atoms with van der Waals surface area (Å²) in [5, 5.41) is 3.99. The zero-order chi connectivity index (χ0) is 14.3. The van der Waals surface area contributed by atoms with Gasteiger partial charge in [0, 0.05) is 6.26 Å². The minimum absolute atomic E-state index is 0.0170. The van der Waals surface area contributed by atoms with Crippen molar-refractivity contribution < 1.29 is 17.7 Å². The number of nitrogens with two attached hydrogens (primary N) is 1. The van der Waals surface area contributed by atoms with Gasteiger partial charge in [0.1, 0.15) is 9.84 Å². The van der Waals surface area contributed by atoms with Crippen molar-refractivity contribution in [3.8, 4) is 0 Å². The molecule has 1 aromatic rings. The average Bonchev–Trinajstić information content (AvgIpc) is 3.09. The molecule has 2 N–H and O–H groups in total. The van der Waals surface area contributed by atoms with Crippen LogP contribution in [0.3, 0.4) is 0 Å². The molecule has 8 heteroatoms. The molecule has 2 bridgehead atoms. The first-order valence-corrected chi connectivity index (χ1v) is 8.90. The minimum atomic E-state index is -3.03. The Morgan fingerprint density at radius 2 is 2.25 bits per heavy atom. The van der Waals surface area contributed by atoms with Crippen LogP contribution in [0.25, 0.3) is 0 Å². The first kappa shape index (κ1) is 14.0. The monoisotopic (exact) mass is 301 g/mol. The summed E-state index contributed by atoms with van der Waals surface area (Å²) in [5.41, 5.74) is 5.90. The van der Waals surface area contributed by atoms with Gasteiger partial charge in [-0.05, 0) is 25.7 Å². The molecule has 3 rings (SSSR count). The second-order valence-electron chi connectivity index (χ2n) is 5.73. The molecule has 4 unspecified atom stereocenters. The van der Waals surface area contributed by atoms with Crippen molar-refractivity contribution in [2.24, 2.45) is 5.73 Å². The zero-order valence-electron chi connectivity index (χ0n) is 11.4. The lowest BCUT2D eigenvalue weighted by molar-refractivity contribution is 0.0996. The van der Waals surface area contributed by atoms with Gasteiger partial charge in [-0.2, -0.15) is 4.98 Å². The maximum absolute atomic E-state index is 11.1. The van der Waals surface area contributed by atoms with Gasteiger partial charge < -0.3 is 15.0 Å². The molecule has 7 nitrogen and oxygen atoms in total. The lowest BCUT2D eigenvalue weighted by Gasteiger charge is -2.13. The smallest absolute Gasteiger partial charge is 0.243 e. The van der Waals surface area contributed by atoms with Crippen LogP contribution in [0.5, 0.6) is 0 Å². The Morgan fingerprint density at radius 3 is 2.85 bits per heavy atom. The first-order valence-electron chi connectivity index (χ1n) is 6.84. The highest BCUT2D eigenvalue weighted by atomic mass is 32.2. The van der Waals surface area contributed by atoms with Crippen LogP contribution < -0.4 is 5.73 Å². The lowest BCUT2D eigenvalue weighted by Crippen LogP contribution is -2.17. The highest BCUT2D eigenvalue weighted by Crippen LogP contribution is 2.43. The van der Waals surface area contributed by atoms with Crippen LogP contribution >= 0.6 is 0 Å². The van der Waals surface area contributed by atoms with Crippen LogP contribution in [0.4, 0.5) is 0 Å². The van der Waals surface area contributed by atoms with Gasteiger partial charge in [0.2, 0.25) is 5.89 Å². The van der Waals surface area contributed by atoms with E-state index < -0.39 is 15.9 Å². The van der Waals surface area contributed by atoms with Crippen LogP contribution in [-0.4, -0.2) is 42.8 Å². The molecule has 0 aromatic carbocycles. The fourth-order valence-electron chi connectivity index (χ4n) is 2.92. The quantitative estimate of drug-likeness (QED) is 0.845. The summed E-state index contributed by atoms with van der Waals surface area (Å²) >= 11 is 0. The van der Waals surface area contributed by atoms with Crippen molar-refractivity contribution in [1.82, 2.24) is 10.1 Å². The van der Waals surface area contributed by atoms with Crippen LogP contribution in [0.1, 0.15) is 49.4 Å². The molecule has 2 aliphatic heterocycles. The predicted octanol–water partition coefficient (Wildman–Crippen LogP) is 0.539. The summed E-state index contributed by atoms with van der Waals surface area (Å²) in [6, 6.07) is -0.537. The summed E-state index contributed by atoms with van der Waals surface area (Å²) in [7, 11) is -3.03. The number of hydrogen-bond donors (Lipinski definition) is 1. The molecule has 0 saturated carbocycles. The molecule has 2 fully saturated rings. The predicted molar refractivity (Wildman–Crippen MR) is 70.8 cm³/mol. The third-order valence-corrected chi connectivity index (χ3v) is 4.99. The number of nitrogens with zero attached hydrogens (tertiary/aromatic N) is 2. The Kier molecular flexibility index (Phi) is 3.55. The van der Waals surface area contributed by atoms with Crippen molar-refractivity contribution in [3.05, 3.63) is 11.7 Å². The third kappa shape index (κ3) is 2.87. The Hall–Kier alpha value is -0.990. The topological polar surface area (TPSA) is 108 Å². The van der Waals surface area contributed by atoms with Gasteiger partial charge in [-0.1, -0.05) is 5.16 Å². The highest BCUT2D eigenvalue weighted by molar-refractivity contribution is 7.90. The number of fused-ring (bicyclic) bond motifs is 2. The average molecular weight is 301 g/mol. The van der Waals surface area contributed by atoms with E-state index in [9.17, 15) is 8.42 Å². The minimum Gasteiger partial charge on any atom is -0.374 e. The molecular weight excluding hydrogens is 282 g/mol. The van der Waals surface area contributed by atoms with E-state index >= 15 is 0 Å². The maximum atomic E-state index is 11.1. The Morgan fingerprint density at radius 1 is 1.45 bits per heavy atom. The molecule has 4 atom stereocenters. The first-order chi connectivity index (χ1) is 9.42. The van der Waals surface area contributed by atoms with Crippen LogP contribution in [-0.2, 0) is 14.6 Å². The molecular formula is C12H19N3O4S. The molecule has 112 valence electrons. The molecule has 3 heterocycles. The molecule has 2 saturated heterocycles. The molecule has 0 radical (unpaired) electrons. The van der Waals surface area contributed by atoms with E-state index in [-0.39, 0.29) is 24.2 Å². The van der Waals surface area contributed by atoms with Crippen molar-refractivity contribution in [3.63, 3.8) is 0 Å². The van der Waals surface area contributed by atoms with Gasteiger partial charge in [0.05, 0.1) is 29.9 Å². The number of ether oxygens (including phenoxy) is 1. The highest BCUT2D eigenvalue weighted by Gasteiger charge is 2.43. The Labute approximate surface area is 117 Å². The Bertz CT molecular complexity index is 585. The van der Waals surface area contributed by atoms with E-state index in [0.29, 0.717) is 17.8 Å². The van der Waals surface area contributed by atoms with E-state index in [4.69, 9.17) is 15.0 Å². The van der Waals surface area contributed by atoms with Crippen molar-refractivity contribution in [1.29, 1.82) is 0 Å². The molecule has 20 heavy (non-hydrogen) atoms. The second-order valence-corrected chi connectivity index (χ2v) is 7.99. The van der Waals surface area contributed by atoms with E-state index in [1.54, 1.807) is 0 Å². The number of rotatable bonds is 5. The number of hydrogen-bond acceptors (Lipinski definition) is 7. The van der Waals surface area contributed by atoms with Crippen molar-refractivity contribution >= 4 is 9.84 Å². The number of sulfone groups is 1. The van der Waals surface area contributed by atoms with Gasteiger partial charge in [-0.3, -0.25) is 0 Å². The number of aromatic nitrogens is 2. The molecule has 0 aliphatic carbocycles. The molecule has 1 aromatic heterocycles. The van der Waals surface area contributed by atoms with Crippen LogP contribution in [0.15, 0.2) is 4.52 Å². The van der Waals surface area contributed by atoms with E-state index in [1.807, 2.05) is 0 Å². The van der Waals surface area contributed by atoms with Gasteiger partial charge in [0.25, 0.3) is 0 Å². The van der Waals surface area contributed by atoms with E-state index in [2.05, 4.69) is 10.1 Å². The molecule has 0 spiro atoms. The fraction of sp³-hybridized carbons (Fsp3) is 0.833. The van der Waals surface area contributed by atoms with E-state index in [1.165, 1.54) is 6.26 Å². The van der Waals surface area contributed by atoms with Gasteiger partial charge in [-0.25, -0.2) is 8.42 Å². The third-order valence-electron chi connectivity index (χ3n) is 4.01. The van der Waals surface area contributed by atoms with E-state index in [0.717, 1.165) is 19.3 Å². The summed E-state index contributed by atoms with van der Waals surface area (Å²) in [6.45, 7) is 0. The largest absolute Gasteiger partial charge is 0.374 e. The maximum Gasteiger partial charge on any atom is 0.243 e. The summed E-state index contributed by atoms with van der Waals surface area (Å²) < 4.78 is 33.2. The van der Waals surface area contributed by atoms with Crippen molar-refractivity contribution in [2.75, 3.05) is 12.0 Å². The zero-order valence-corrected chi connectivity index (χ0v) is 12.2. The standard InChI is InChI=1S/C12H19N3O4S/c1-20(16,17)5-4-9(13)12-14-11(15-19-12)8-6-7-2-3-10(8)18-7/h7-10H,2-6,13H2,1H3. The van der Waals surface area contributed by atoms with Crippen LogP contribution in [0.2, 0.25) is 0 Å². The van der Waals surface area contributed by atoms with Gasteiger partial charge in [-0.15, -0.1) is 0 Å². The second kappa shape index (κ2) is 5.09. The molecule has 2 aliphatic rings. The lowest BCUT2D eigenvalue weighted by atomic mass is 9.89. The van der Waals surface area contributed by atoms with Crippen LogP contribution in [0, 0.1) is 0 Å². The summed E-state index contributed by atoms with van der Waals surface area (Å²) in [5.74, 6) is 1.16. The summed E-state index contributed by atoms with van der Waals surface area (Å²) in [6.07, 6.45) is 5.07. The normalized spacial score (nSPS) is 30.8. The van der Waals surface area contributed by atoms with Gasteiger partial charge in [0.15, 0.2) is 5.82 Å². The SMILES string of the molecule is CS(=O)(=O)CCC(N)c1nc(C2CC3CCC2O3)no1. The summed E-state index contributed by atoms with van der Waals surface area (Å²) in [4.78, 5) is 4.33.